The number of phenols is 1. The van der Waals surface area contributed by atoms with Crippen LogP contribution in [0.15, 0.2) is 24.3 Å². The normalized spacial score (nSPS) is 12.5. The van der Waals surface area contributed by atoms with Crippen LogP contribution in [0.5, 0.6) is 5.75 Å². The van der Waals surface area contributed by atoms with Crippen molar-refractivity contribution in [2.75, 3.05) is 13.1 Å². The molecule has 10 nitrogen and oxygen atoms in total. The third kappa shape index (κ3) is 7.62. The van der Waals surface area contributed by atoms with Gasteiger partial charge in [-0.1, -0.05) is 12.1 Å². The van der Waals surface area contributed by atoms with Crippen LogP contribution in [0.2, 0.25) is 0 Å². The number of carbonyl (C=O) groups excluding carboxylic acids is 4. The first kappa shape index (κ1) is 20.9. The second-order valence-corrected chi connectivity index (χ2v) is 5.67. The molecule has 0 radical (unpaired) electrons. The Hall–Kier alpha value is -3.14. The molecule has 0 aliphatic heterocycles. The van der Waals surface area contributed by atoms with Gasteiger partial charge in [0.25, 0.3) is 0 Å². The molecule has 4 amide bonds. The maximum atomic E-state index is 12.0. The fourth-order valence-electron chi connectivity index (χ4n) is 1.93. The summed E-state index contributed by atoms with van der Waals surface area (Å²) in [7, 11) is 0. The third-order valence-electron chi connectivity index (χ3n) is 3.36. The van der Waals surface area contributed by atoms with Crippen LogP contribution >= 0.6 is 0 Å². The highest BCUT2D eigenvalue weighted by molar-refractivity contribution is 5.92. The van der Waals surface area contributed by atoms with Crippen LogP contribution in [0, 0.1) is 0 Å². The summed E-state index contributed by atoms with van der Waals surface area (Å²) in [5, 5.41) is 16.2. The van der Waals surface area contributed by atoms with Crippen molar-refractivity contribution in [1.82, 2.24) is 16.0 Å². The van der Waals surface area contributed by atoms with Crippen molar-refractivity contribution in [3.05, 3.63) is 29.8 Å². The summed E-state index contributed by atoms with van der Waals surface area (Å²) in [4.78, 5) is 45.8. The van der Waals surface area contributed by atoms with Crippen LogP contribution in [-0.2, 0) is 25.6 Å². The van der Waals surface area contributed by atoms with Crippen molar-refractivity contribution in [3.63, 3.8) is 0 Å². The smallest absolute Gasteiger partial charge is 0.242 e. The van der Waals surface area contributed by atoms with E-state index in [1.807, 2.05) is 0 Å². The zero-order valence-electron chi connectivity index (χ0n) is 14.3. The van der Waals surface area contributed by atoms with Gasteiger partial charge in [-0.15, -0.1) is 0 Å². The van der Waals surface area contributed by atoms with Crippen LogP contribution in [0.25, 0.3) is 0 Å². The van der Waals surface area contributed by atoms with Gasteiger partial charge in [-0.2, -0.15) is 0 Å². The van der Waals surface area contributed by atoms with Gasteiger partial charge in [0.2, 0.25) is 23.6 Å². The lowest BCUT2D eigenvalue weighted by Crippen LogP contribution is -2.52. The molecular formula is C16H23N5O5. The molecule has 1 rings (SSSR count). The molecule has 0 fully saturated rings. The van der Waals surface area contributed by atoms with Gasteiger partial charge in [-0.25, -0.2) is 0 Å². The van der Waals surface area contributed by atoms with Gasteiger partial charge in [0.1, 0.15) is 11.8 Å². The average molecular weight is 365 g/mol. The highest BCUT2D eigenvalue weighted by Gasteiger charge is 2.20. The molecule has 0 saturated carbocycles. The predicted octanol–water partition coefficient (Wildman–Crippen LogP) is -2.52. The standard InChI is InChI=1S/C16H23N5O5/c1-9(15(25)20-8-14(24)19-7-13(18)23)21-16(26)12(17)6-10-2-4-11(22)5-3-10/h2-5,9,12,22H,6-8,17H2,1H3,(H2,18,23)(H,19,24)(H,20,25)(H,21,26)/t9-,12-/m1/s1. The Morgan fingerprint density at radius 2 is 1.65 bits per heavy atom. The lowest BCUT2D eigenvalue weighted by atomic mass is 10.1. The summed E-state index contributed by atoms with van der Waals surface area (Å²) in [6, 6.07) is 4.47. The van der Waals surface area contributed by atoms with Crippen molar-refractivity contribution < 1.29 is 24.3 Å². The number of carbonyl (C=O) groups is 4. The summed E-state index contributed by atoms with van der Waals surface area (Å²) in [6.07, 6.45) is 0.232. The Balaban J connectivity index is 2.39. The minimum atomic E-state index is -0.905. The number of phenolic OH excluding ortho intramolecular Hbond substituents is 1. The number of hydrogen-bond donors (Lipinski definition) is 6. The lowest BCUT2D eigenvalue weighted by molar-refractivity contribution is -0.130. The van der Waals surface area contributed by atoms with Crippen molar-refractivity contribution in [2.24, 2.45) is 11.5 Å². The fraction of sp³-hybridized carbons (Fsp3) is 0.375. The Morgan fingerprint density at radius 1 is 1.04 bits per heavy atom. The number of nitrogens with one attached hydrogen (secondary N) is 3. The molecule has 10 heteroatoms. The molecule has 26 heavy (non-hydrogen) atoms. The molecule has 1 aromatic rings. The van der Waals surface area contributed by atoms with Crippen LogP contribution in [0.3, 0.4) is 0 Å². The molecule has 1 aromatic carbocycles. The van der Waals surface area contributed by atoms with Gasteiger partial charge in [0.15, 0.2) is 0 Å². The SMILES string of the molecule is C[C@@H](NC(=O)[C@H](N)Cc1ccc(O)cc1)C(=O)NCC(=O)NCC(N)=O. The molecule has 142 valence electrons. The maximum Gasteiger partial charge on any atom is 0.242 e. The van der Waals surface area contributed by atoms with E-state index >= 15 is 0 Å². The quantitative estimate of drug-likeness (QED) is 0.281. The summed E-state index contributed by atoms with van der Waals surface area (Å²) < 4.78 is 0. The van der Waals surface area contributed by atoms with E-state index in [-0.39, 0.29) is 25.3 Å². The minimum absolute atomic E-state index is 0.108. The minimum Gasteiger partial charge on any atom is -0.508 e. The first-order valence-corrected chi connectivity index (χ1v) is 7.85. The van der Waals surface area contributed by atoms with Crippen molar-refractivity contribution >= 4 is 23.6 Å². The second-order valence-electron chi connectivity index (χ2n) is 5.67. The summed E-state index contributed by atoms with van der Waals surface area (Å²) in [6.45, 7) is 0.765. The lowest BCUT2D eigenvalue weighted by Gasteiger charge is -2.17. The molecule has 0 aliphatic carbocycles. The molecule has 0 aliphatic rings. The number of aromatic hydroxyl groups is 1. The van der Waals surface area contributed by atoms with Crippen LogP contribution < -0.4 is 27.4 Å². The van der Waals surface area contributed by atoms with Crippen LogP contribution in [-0.4, -0.2) is 53.9 Å². The molecule has 0 unspecified atom stereocenters. The van der Waals surface area contributed by atoms with E-state index in [1.165, 1.54) is 19.1 Å². The van der Waals surface area contributed by atoms with E-state index in [0.717, 1.165) is 5.56 Å². The van der Waals surface area contributed by atoms with Crippen LogP contribution in [0.1, 0.15) is 12.5 Å². The van der Waals surface area contributed by atoms with E-state index in [1.54, 1.807) is 12.1 Å². The molecule has 0 saturated heterocycles. The van der Waals surface area contributed by atoms with Gasteiger partial charge in [-0.3, -0.25) is 19.2 Å². The topological polar surface area (TPSA) is 177 Å². The zero-order valence-corrected chi connectivity index (χ0v) is 14.3. The molecule has 0 spiro atoms. The largest absolute Gasteiger partial charge is 0.508 e. The number of primary amides is 1. The number of rotatable bonds is 9. The Kier molecular flexibility index (Phi) is 8.03. The predicted molar refractivity (Wildman–Crippen MR) is 92.6 cm³/mol. The Morgan fingerprint density at radius 3 is 2.23 bits per heavy atom. The van der Waals surface area contributed by atoms with Gasteiger partial charge >= 0.3 is 0 Å². The summed E-state index contributed by atoms with van der Waals surface area (Å²) in [5.41, 5.74) is 11.4. The molecule has 0 aromatic heterocycles. The molecule has 0 bridgehead atoms. The van der Waals surface area contributed by atoms with Gasteiger partial charge in [-0.05, 0) is 31.0 Å². The fourth-order valence-corrected chi connectivity index (χ4v) is 1.93. The van der Waals surface area contributed by atoms with Gasteiger partial charge in [0.05, 0.1) is 19.1 Å². The Labute approximate surface area is 150 Å². The van der Waals surface area contributed by atoms with E-state index < -0.39 is 35.7 Å². The number of hydrogen-bond acceptors (Lipinski definition) is 6. The monoisotopic (exact) mass is 365 g/mol. The number of amides is 4. The van der Waals surface area contributed by atoms with Crippen LogP contribution in [0.4, 0.5) is 0 Å². The molecule has 0 heterocycles. The zero-order chi connectivity index (χ0) is 19.7. The van der Waals surface area contributed by atoms with Crippen molar-refractivity contribution in [3.8, 4) is 5.75 Å². The maximum absolute atomic E-state index is 12.0. The van der Waals surface area contributed by atoms with E-state index in [9.17, 15) is 24.3 Å². The molecule has 8 N–H and O–H groups in total. The van der Waals surface area contributed by atoms with Crippen molar-refractivity contribution in [1.29, 1.82) is 0 Å². The second kappa shape index (κ2) is 9.99. The van der Waals surface area contributed by atoms with E-state index in [2.05, 4.69) is 16.0 Å². The van der Waals surface area contributed by atoms with Crippen molar-refractivity contribution in [2.45, 2.75) is 25.4 Å². The number of benzene rings is 1. The third-order valence-corrected chi connectivity index (χ3v) is 3.36. The summed E-state index contributed by atoms with van der Waals surface area (Å²) in [5.74, 6) is -2.28. The number of nitrogens with two attached hydrogens (primary N) is 2. The highest BCUT2D eigenvalue weighted by atomic mass is 16.3. The first-order chi connectivity index (χ1) is 12.2. The van der Waals surface area contributed by atoms with Gasteiger partial charge in [0, 0.05) is 0 Å². The molecular weight excluding hydrogens is 342 g/mol. The average Bonchev–Trinajstić information content (AvgIpc) is 2.59. The van der Waals surface area contributed by atoms with E-state index in [0.29, 0.717) is 0 Å². The first-order valence-electron chi connectivity index (χ1n) is 7.85. The van der Waals surface area contributed by atoms with E-state index in [4.69, 9.17) is 11.5 Å². The van der Waals surface area contributed by atoms with Gasteiger partial charge < -0.3 is 32.5 Å². The Bertz CT molecular complexity index is 661. The highest BCUT2D eigenvalue weighted by Crippen LogP contribution is 2.10. The molecule has 2 atom stereocenters. The summed E-state index contributed by atoms with van der Waals surface area (Å²) >= 11 is 0.